The molecule has 1 saturated heterocycles. The Morgan fingerprint density at radius 1 is 1.19 bits per heavy atom. The number of nitrogens with one attached hydrogen (secondary N) is 2. The number of rotatable bonds is 7. The molecule has 1 fully saturated rings. The zero-order chi connectivity index (χ0) is 19.1. The zero-order valence-electron chi connectivity index (χ0n) is 15.6. The van der Waals surface area contributed by atoms with E-state index < -0.39 is 0 Å². The summed E-state index contributed by atoms with van der Waals surface area (Å²) in [6, 6.07) is 6.37. The van der Waals surface area contributed by atoms with Crippen molar-refractivity contribution in [3.63, 3.8) is 0 Å². The molecular formula is C19H28FN3O2S. The molecule has 2 N–H and O–H groups in total. The van der Waals surface area contributed by atoms with Crippen LogP contribution in [0.15, 0.2) is 24.3 Å². The minimum atomic E-state index is -0.345. The number of carbonyl (C=O) groups is 2. The van der Waals surface area contributed by atoms with E-state index in [0.29, 0.717) is 11.7 Å². The molecule has 5 nitrogen and oxygen atoms in total. The SMILES string of the molecule is CC(C)N1CCC(NC(=O)[C@@H](C)SCC(=O)Nc2ccc(F)cc2)CC1. The second-order valence-corrected chi connectivity index (χ2v) is 8.25. The van der Waals surface area contributed by atoms with Gasteiger partial charge in [-0.25, -0.2) is 4.39 Å². The lowest BCUT2D eigenvalue weighted by Crippen LogP contribution is -2.48. The molecule has 1 heterocycles. The summed E-state index contributed by atoms with van der Waals surface area (Å²) in [6.07, 6.45) is 1.93. The Hall–Kier alpha value is -1.60. The number of hydrogen-bond acceptors (Lipinski definition) is 4. The van der Waals surface area contributed by atoms with Crippen molar-refractivity contribution < 1.29 is 14.0 Å². The molecule has 1 aliphatic rings. The number of amides is 2. The molecule has 0 saturated carbocycles. The van der Waals surface area contributed by atoms with Crippen molar-refractivity contribution in [1.29, 1.82) is 0 Å². The highest BCUT2D eigenvalue weighted by Crippen LogP contribution is 2.16. The first-order valence-corrected chi connectivity index (χ1v) is 10.1. The fraction of sp³-hybridized carbons (Fsp3) is 0.579. The molecule has 0 aliphatic carbocycles. The average Bonchev–Trinajstić information content (AvgIpc) is 2.62. The van der Waals surface area contributed by atoms with Crippen LogP contribution in [0.1, 0.15) is 33.6 Å². The smallest absolute Gasteiger partial charge is 0.234 e. The van der Waals surface area contributed by atoms with Crippen molar-refractivity contribution in [2.24, 2.45) is 0 Å². The molecule has 1 aromatic rings. The van der Waals surface area contributed by atoms with Gasteiger partial charge in [-0.05, 0) is 57.9 Å². The molecule has 0 spiro atoms. The fourth-order valence-electron chi connectivity index (χ4n) is 2.89. The predicted molar refractivity (Wildman–Crippen MR) is 105 cm³/mol. The van der Waals surface area contributed by atoms with Gasteiger partial charge in [0.05, 0.1) is 11.0 Å². The Kier molecular flexibility index (Phi) is 7.90. The summed E-state index contributed by atoms with van der Waals surface area (Å²) in [5.74, 6) is -0.390. The lowest BCUT2D eigenvalue weighted by atomic mass is 10.0. The highest BCUT2D eigenvalue weighted by molar-refractivity contribution is 8.01. The van der Waals surface area contributed by atoms with E-state index in [1.165, 1.54) is 36.0 Å². The summed E-state index contributed by atoms with van der Waals surface area (Å²) in [5, 5.41) is 5.50. The molecule has 0 aromatic heterocycles. The highest BCUT2D eigenvalue weighted by Gasteiger charge is 2.24. The average molecular weight is 382 g/mol. The van der Waals surface area contributed by atoms with Crippen LogP contribution in [0.4, 0.5) is 10.1 Å². The molecule has 1 aliphatic heterocycles. The Bertz CT molecular complexity index is 601. The van der Waals surface area contributed by atoms with Crippen molar-refractivity contribution in [3.05, 3.63) is 30.1 Å². The van der Waals surface area contributed by atoms with Gasteiger partial charge < -0.3 is 15.5 Å². The van der Waals surface area contributed by atoms with E-state index in [1.807, 2.05) is 6.92 Å². The molecule has 7 heteroatoms. The molecule has 26 heavy (non-hydrogen) atoms. The topological polar surface area (TPSA) is 61.4 Å². The van der Waals surface area contributed by atoms with E-state index in [9.17, 15) is 14.0 Å². The van der Waals surface area contributed by atoms with Gasteiger partial charge in [0.25, 0.3) is 0 Å². The van der Waals surface area contributed by atoms with E-state index in [2.05, 4.69) is 29.4 Å². The van der Waals surface area contributed by atoms with Gasteiger partial charge in [0.15, 0.2) is 0 Å². The number of halogens is 1. The van der Waals surface area contributed by atoms with Crippen molar-refractivity contribution in [1.82, 2.24) is 10.2 Å². The maximum atomic E-state index is 12.9. The summed E-state index contributed by atoms with van der Waals surface area (Å²) in [5.41, 5.74) is 0.547. The molecule has 0 bridgehead atoms. The largest absolute Gasteiger partial charge is 0.352 e. The summed E-state index contributed by atoms with van der Waals surface area (Å²) >= 11 is 1.30. The molecule has 2 amide bonds. The number of hydrogen-bond donors (Lipinski definition) is 2. The van der Waals surface area contributed by atoms with E-state index in [-0.39, 0.29) is 34.7 Å². The first kappa shape index (κ1) is 20.7. The predicted octanol–water partition coefficient (Wildman–Crippen LogP) is 2.87. The lowest BCUT2D eigenvalue weighted by molar-refractivity contribution is -0.121. The first-order chi connectivity index (χ1) is 12.3. The Morgan fingerprint density at radius 3 is 2.38 bits per heavy atom. The van der Waals surface area contributed by atoms with Crippen LogP contribution >= 0.6 is 11.8 Å². The quantitative estimate of drug-likeness (QED) is 0.762. The van der Waals surface area contributed by atoms with Crippen LogP contribution in [0.2, 0.25) is 0 Å². The number of thioether (sulfide) groups is 1. The molecule has 144 valence electrons. The van der Waals surface area contributed by atoms with E-state index >= 15 is 0 Å². The van der Waals surface area contributed by atoms with Gasteiger partial charge in [0.1, 0.15) is 5.82 Å². The molecule has 0 unspecified atom stereocenters. The number of carbonyl (C=O) groups excluding carboxylic acids is 2. The van der Waals surface area contributed by atoms with Crippen LogP contribution in [0.3, 0.4) is 0 Å². The van der Waals surface area contributed by atoms with Gasteiger partial charge in [-0.1, -0.05) is 0 Å². The third-order valence-corrected chi connectivity index (χ3v) is 5.71. The molecule has 0 radical (unpaired) electrons. The Balaban J connectivity index is 1.68. The van der Waals surface area contributed by atoms with Gasteiger partial charge >= 0.3 is 0 Å². The van der Waals surface area contributed by atoms with Crippen LogP contribution in [0.5, 0.6) is 0 Å². The van der Waals surface area contributed by atoms with Crippen LogP contribution < -0.4 is 10.6 Å². The second kappa shape index (κ2) is 9.92. The number of likely N-dealkylation sites (tertiary alicyclic amines) is 1. The third kappa shape index (κ3) is 6.61. The van der Waals surface area contributed by atoms with E-state index in [4.69, 9.17) is 0 Å². The summed E-state index contributed by atoms with van der Waals surface area (Å²) in [4.78, 5) is 26.7. The number of nitrogens with zero attached hydrogens (tertiary/aromatic N) is 1. The fourth-order valence-corrected chi connectivity index (χ4v) is 3.58. The second-order valence-electron chi connectivity index (χ2n) is 6.92. The van der Waals surface area contributed by atoms with E-state index in [1.54, 1.807) is 0 Å². The van der Waals surface area contributed by atoms with Gasteiger partial charge in [-0.15, -0.1) is 11.8 Å². The van der Waals surface area contributed by atoms with Crippen molar-refractivity contribution >= 4 is 29.3 Å². The van der Waals surface area contributed by atoms with E-state index in [0.717, 1.165) is 25.9 Å². The first-order valence-electron chi connectivity index (χ1n) is 9.06. The lowest BCUT2D eigenvalue weighted by Gasteiger charge is -2.35. The Labute approximate surface area is 159 Å². The number of piperidine rings is 1. The maximum absolute atomic E-state index is 12.9. The maximum Gasteiger partial charge on any atom is 0.234 e. The van der Waals surface area contributed by atoms with Gasteiger partial charge in [-0.2, -0.15) is 0 Å². The summed E-state index contributed by atoms with van der Waals surface area (Å²) in [6.45, 7) is 8.20. The van der Waals surface area contributed by atoms with Crippen LogP contribution in [0.25, 0.3) is 0 Å². The number of anilines is 1. The zero-order valence-corrected chi connectivity index (χ0v) is 16.4. The van der Waals surface area contributed by atoms with Crippen LogP contribution in [-0.4, -0.2) is 52.9 Å². The monoisotopic (exact) mass is 381 g/mol. The highest BCUT2D eigenvalue weighted by atomic mass is 32.2. The minimum absolute atomic E-state index is 0.0208. The molecule has 1 aromatic carbocycles. The third-order valence-electron chi connectivity index (χ3n) is 4.57. The van der Waals surface area contributed by atoms with Crippen LogP contribution in [-0.2, 0) is 9.59 Å². The van der Waals surface area contributed by atoms with Crippen LogP contribution in [0, 0.1) is 5.82 Å². The Morgan fingerprint density at radius 2 is 1.81 bits per heavy atom. The normalized spacial score (nSPS) is 17.1. The molecule has 1 atom stereocenters. The van der Waals surface area contributed by atoms with Crippen molar-refractivity contribution in [2.45, 2.75) is 50.9 Å². The van der Waals surface area contributed by atoms with Gasteiger partial charge in [0, 0.05) is 30.9 Å². The molecular weight excluding hydrogens is 353 g/mol. The summed E-state index contributed by atoms with van der Waals surface area (Å²) in [7, 11) is 0. The number of benzene rings is 1. The van der Waals surface area contributed by atoms with Gasteiger partial charge in [-0.3, -0.25) is 9.59 Å². The van der Waals surface area contributed by atoms with Crippen molar-refractivity contribution in [2.75, 3.05) is 24.2 Å². The van der Waals surface area contributed by atoms with Gasteiger partial charge in [0.2, 0.25) is 11.8 Å². The minimum Gasteiger partial charge on any atom is -0.352 e. The standard InChI is InChI=1S/C19H28FN3O2S/c1-13(2)23-10-8-17(9-11-23)22-19(25)14(3)26-12-18(24)21-16-6-4-15(20)5-7-16/h4-7,13-14,17H,8-12H2,1-3H3,(H,21,24)(H,22,25)/t14-/m1/s1. The molecule has 2 rings (SSSR count). The van der Waals surface area contributed by atoms with Crippen molar-refractivity contribution in [3.8, 4) is 0 Å². The summed E-state index contributed by atoms with van der Waals surface area (Å²) < 4.78 is 12.9.